The summed E-state index contributed by atoms with van der Waals surface area (Å²) in [7, 11) is -4.22. The highest BCUT2D eigenvalue weighted by Gasteiger charge is 2.35. The smallest absolute Gasteiger partial charge is 0.264 e. The van der Waals surface area contributed by atoms with Gasteiger partial charge in [0, 0.05) is 24.0 Å². The SMILES string of the molecule is CC[C@H](C)NC(=O)[C@H](Cc1ccccc1)N(Cc1ccccc1C)C(=O)CN(c1cccc(Cl)c1C)S(=O)(=O)c1ccc(C)cc1. The van der Waals surface area contributed by atoms with Crippen LogP contribution in [0.3, 0.4) is 0 Å². The first-order valence-electron chi connectivity index (χ1n) is 15.4. The molecule has 0 unspecified atom stereocenters. The highest BCUT2D eigenvalue weighted by molar-refractivity contribution is 7.92. The molecule has 0 fully saturated rings. The summed E-state index contributed by atoms with van der Waals surface area (Å²) < 4.78 is 29.7. The van der Waals surface area contributed by atoms with Crippen LogP contribution < -0.4 is 9.62 Å². The second kappa shape index (κ2) is 15.4. The van der Waals surface area contributed by atoms with E-state index in [0.717, 1.165) is 26.6 Å². The fraction of sp³-hybridized carbons (Fsp3) is 0.297. The molecule has 2 atom stereocenters. The minimum absolute atomic E-state index is 0.0473. The molecule has 0 aliphatic rings. The molecule has 0 aliphatic heterocycles. The number of rotatable bonds is 13. The van der Waals surface area contributed by atoms with Gasteiger partial charge in [-0.25, -0.2) is 8.42 Å². The molecular formula is C37H42ClN3O4S. The molecule has 0 radical (unpaired) electrons. The van der Waals surface area contributed by atoms with E-state index in [2.05, 4.69) is 5.32 Å². The van der Waals surface area contributed by atoms with E-state index in [0.29, 0.717) is 22.7 Å². The van der Waals surface area contributed by atoms with E-state index >= 15 is 0 Å². The Kier molecular flexibility index (Phi) is 11.7. The van der Waals surface area contributed by atoms with Crippen LogP contribution in [-0.4, -0.2) is 43.8 Å². The average Bonchev–Trinajstić information content (AvgIpc) is 3.04. The van der Waals surface area contributed by atoms with Crippen LogP contribution >= 0.6 is 11.6 Å². The number of hydrogen-bond acceptors (Lipinski definition) is 4. The van der Waals surface area contributed by atoms with Crippen LogP contribution in [0.1, 0.15) is 48.1 Å². The Balaban J connectivity index is 1.85. The summed E-state index contributed by atoms with van der Waals surface area (Å²) in [6.07, 6.45) is 0.966. The number of halogens is 1. The molecule has 0 spiro atoms. The number of anilines is 1. The average molecular weight is 660 g/mol. The number of benzene rings is 4. The van der Waals surface area contributed by atoms with Crippen LogP contribution in [0.2, 0.25) is 5.02 Å². The number of amides is 2. The minimum Gasteiger partial charge on any atom is -0.352 e. The highest BCUT2D eigenvalue weighted by atomic mass is 35.5. The van der Waals surface area contributed by atoms with Crippen molar-refractivity contribution in [1.82, 2.24) is 10.2 Å². The summed E-state index contributed by atoms with van der Waals surface area (Å²) in [6.45, 7) is 9.03. The van der Waals surface area contributed by atoms with E-state index in [1.165, 1.54) is 17.0 Å². The summed E-state index contributed by atoms with van der Waals surface area (Å²) in [6, 6.07) is 27.7. The summed E-state index contributed by atoms with van der Waals surface area (Å²) in [4.78, 5) is 30.2. The Morgan fingerprint density at radius 2 is 1.50 bits per heavy atom. The molecule has 242 valence electrons. The van der Waals surface area contributed by atoms with Gasteiger partial charge in [-0.05, 0) is 80.6 Å². The third-order valence-electron chi connectivity index (χ3n) is 8.27. The molecule has 0 aliphatic carbocycles. The van der Waals surface area contributed by atoms with Crippen molar-refractivity contribution in [3.05, 3.63) is 130 Å². The maximum atomic E-state index is 14.7. The van der Waals surface area contributed by atoms with Crippen molar-refractivity contribution < 1.29 is 18.0 Å². The maximum Gasteiger partial charge on any atom is 0.264 e. The van der Waals surface area contributed by atoms with E-state index in [1.807, 2.05) is 82.3 Å². The Labute approximate surface area is 278 Å². The highest BCUT2D eigenvalue weighted by Crippen LogP contribution is 2.31. The van der Waals surface area contributed by atoms with Gasteiger partial charge < -0.3 is 10.2 Å². The number of nitrogens with one attached hydrogen (secondary N) is 1. The lowest BCUT2D eigenvalue weighted by molar-refractivity contribution is -0.140. The predicted molar refractivity (Wildman–Crippen MR) is 185 cm³/mol. The number of hydrogen-bond donors (Lipinski definition) is 1. The molecule has 2 amide bonds. The van der Waals surface area contributed by atoms with Crippen LogP contribution in [-0.2, 0) is 32.6 Å². The van der Waals surface area contributed by atoms with E-state index < -0.39 is 28.5 Å². The van der Waals surface area contributed by atoms with Crippen molar-refractivity contribution in [3.63, 3.8) is 0 Å². The second-order valence-corrected chi connectivity index (χ2v) is 13.9. The van der Waals surface area contributed by atoms with E-state index in [1.54, 1.807) is 37.3 Å². The Morgan fingerprint density at radius 1 is 0.848 bits per heavy atom. The predicted octanol–water partition coefficient (Wildman–Crippen LogP) is 7.02. The summed E-state index contributed by atoms with van der Waals surface area (Å²) >= 11 is 6.47. The first kappa shape index (κ1) is 34.7. The standard InChI is InChI=1S/C37H42ClN3O4S/c1-6-28(4)39-37(43)35(23-30-14-8-7-9-15-30)40(24-31-16-11-10-13-27(31)3)36(42)25-41(34-18-12-17-33(38)29(34)5)46(44,45)32-21-19-26(2)20-22-32/h7-22,28,35H,6,23-25H2,1-5H3,(H,39,43)/t28-,35-/m0/s1. The third kappa shape index (κ3) is 8.36. The van der Waals surface area contributed by atoms with Crippen LogP contribution in [0.5, 0.6) is 0 Å². The topological polar surface area (TPSA) is 86.8 Å². The van der Waals surface area contributed by atoms with Gasteiger partial charge in [-0.3, -0.25) is 13.9 Å². The Hall–Kier alpha value is -4.14. The van der Waals surface area contributed by atoms with Gasteiger partial charge in [-0.1, -0.05) is 96.9 Å². The normalized spacial score (nSPS) is 12.7. The fourth-order valence-electron chi connectivity index (χ4n) is 5.18. The summed E-state index contributed by atoms with van der Waals surface area (Å²) in [5.41, 5.74) is 4.41. The van der Waals surface area contributed by atoms with E-state index in [-0.39, 0.29) is 29.8 Å². The lowest BCUT2D eigenvalue weighted by Crippen LogP contribution is -2.54. The lowest BCUT2D eigenvalue weighted by Gasteiger charge is -2.35. The largest absolute Gasteiger partial charge is 0.352 e. The molecular weight excluding hydrogens is 618 g/mol. The van der Waals surface area contributed by atoms with Crippen LogP contribution in [0.25, 0.3) is 0 Å². The molecule has 0 bridgehead atoms. The van der Waals surface area contributed by atoms with Crippen LogP contribution in [0, 0.1) is 20.8 Å². The van der Waals surface area contributed by atoms with Crippen molar-refractivity contribution >= 4 is 39.1 Å². The van der Waals surface area contributed by atoms with Crippen LogP contribution in [0.15, 0.2) is 102 Å². The van der Waals surface area contributed by atoms with Crippen molar-refractivity contribution in [2.45, 2.75) is 71.0 Å². The molecule has 9 heteroatoms. The van der Waals surface area contributed by atoms with Crippen molar-refractivity contribution in [2.75, 3.05) is 10.8 Å². The zero-order valence-corrected chi connectivity index (χ0v) is 28.6. The number of sulfonamides is 1. The number of aryl methyl sites for hydroxylation is 2. The molecule has 0 heterocycles. The first-order valence-corrected chi connectivity index (χ1v) is 17.3. The first-order chi connectivity index (χ1) is 21.9. The molecule has 4 aromatic carbocycles. The molecule has 0 saturated heterocycles. The summed E-state index contributed by atoms with van der Waals surface area (Å²) in [5.74, 6) is -0.814. The third-order valence-corrected chi connectivity index (χ3v) is 10.5. The number of nitrogens with zero attached hydrogens (tertiary/aromatic N) is 2. The molecule has 7 nitrogen and oxygen atoms in total. The van der Waals surface area contributed by atoms with E-state index in [9.17, 15) is 18.0 Å². The van der Waals surface area contributed by atoms with Gasteiger partial charge in [0.1, 0.15) is 12.6 Å². The zero-order valence-electron chi connectivity index (χ0n) is 27.0. The quantitative estimate of drug-likeness (QED) is 0.167. The van der Waals surface area contributed by atoms with Gasteiger partial charge in [0.25, 0.3) is 10.0 Å². The van der Waals surface area contributed by atoms with Gasteiger partial charge in [-0.2, -0.15) is 0 Å². The Bertz CT molecular complexity index is 1760. The van der Waals surface area contributed by atoms with Gasteiger partial charge >= 0.3 is 0 Å². The lowest BCUT2D eigenvalue weighted by atomic mass is 10.0. The summed E-state index contributed by atoms with van der Waals surface area (Å²) in [5, 5.41) is 3.44. The minimum atomic E-state index is -4.22. The molecule has 1 N–H and O–H groups in total. The van der Waals surface area contributed by atoms with Gasteiger partial charge in [0.2, 0.25) is 11.8 Å². The zero-order chi connectivity index (χ0) is 33.4. The van der Waals surface area contributed by atoms with Crippen molar-refractivity contribution in [1.29, 1.82) is 0 Å². The number of carbonyl (C=O) groups is 2. The van der Waals surface area contributed by atoms with Gasteiger partial charge in [0.05, 0.1) is 10.6 Å². The maximum absolute atomic E-state index is 14.7. The monoisotopic (exact) mass is 659 g/mol. The van der Waals surface area contributed by atoms with Crippen molar-refractivity contribution in [2.24, 2.45) is 0 Å². The van der Waals surface area contributed by atoms with Crippen LogP contribution in [0.4, 0.5) is 5.69 Å². The van der Waals surface area contributed by atoms with Gasteiger partial charge in [0.15, 0.2) is 0 Å². The van der Waals surface area contributed by atoms with Crippen molar-refractivity contribution in [3.8, 4) is 0 Å². The second-order valence-electron chi connectivity index (χ2n) is 11.7. The number of carbonyl (C=O) groups excluding carboxylic acids is 2. The molecule has 46 heavy (non-hydrogen) atoms. The fourth-order valence-corrected chi connectivity index (χ4v) is 6.82. The van der Waals surface area contributed by atoms with Gasteiger partial charge in [-0.15, -0.1) is 0 Å². The molecule has 4 rings (SSSR count). The molecule has 0 saturated carbocycles. The molecule has 4 aromatic rings. The Morgan fingerprint density at radius 3 is 2.15 bits per heavy atom. The molecule has 0 aromatic heterocycles. The van der Waals surface area contributed by atoms with E-state index in [4.69, 9.17) is 11.6 Å².